The Morgan fingerprint density at radius 2 is 1.71 bits per heavy atom. The van der Waals surface area contributed by atoms with Crippen molar-refractivity contribution in [3.8, 4) is 11.3 Å². The van der Waals surface area contributed by atoms with Gasteiger partial charge in [-0.25, -0.2) is 18.2 Å². The molecule has 0 saturated heterocycles. The quantitative estimate of drug-likeness (QED) is 0.751. The Morgan fingerprint density at radius 3 is 2.41 bits per heavy atom. The van der Waals surface area contributed by atoms with Crippen molar-refractivity contribution in [2.75, 3.05) is 0 Å². The first kappa shape index (κ1) is 11.3. The van der Waals surface area contributed by atoms with Crippen LogP contribution in [0.25, 0.3) is 11.3 Å². The zero-order valence-electron chi connectivity index (χ0n) is 8.45. The largest absolute Gasteiger partial charge is 0.296 e. The summed E-state index contributed by atoms with van der Waals surface area (Å²) in [5.41, 5.74) is -0.747. The van der Waals surface area contributed by atoms with E-state index >= 15 is 0 Å². The summed E-state index contributed by atoms with van der Waals surface area (Å²) in [5.74, 6) is -2.33. The normalized spacial score (nSPS) is 10.3. The third-order valence-corrected chi connectivity index (χ3v) is 2.17. The standard InChI is InChI=1S/C12H6F3NO/c13-7-1-3-10(14)9(5-7)12-11(15)4-2-8(6-17)16-12/h1-6H. The van der Waals surface area contributed by atoms with Crippen molar-refractivity contribution in [3.63, 3.8) is 0 Å². The van der Waals surface area contributed by atoms with Crippen molar-refractivity contribution in [2.45, 2.75) is 0 Å². The Labute approximate surface area is 94.7 Å². The van der Waals surface area contributed by atoms with E-state index in [1.54, 1.807) is 0 Å². The van der Waals surface area contributed by atoms with Crippen molar-refractivity contribution in [1.82, 2.24) is 4.98 Å². The number of pyridine rings is 1. The van der Waals surface area contributed by atoms with Gasteiger partial charge in [-0.3, -0.25) is 4.79 Å². The summed E-state index contributed by atoms with van der Waals surface area (Å²) in [4.78, 5) is 14.1. The minimum Gasteiger partial charge on any atom is -0.296 e. The maximum absolute atomic E-state index is 13.4. The van der Waals surface area contributed by atoms with Crippen LogP contribution in [0.3, 0.4) is 0 Å². The van der Waals surface area contributed by atoms with Crippen LogP contribution in [0.1, 0.15) is 10.5 Å². The molecule has 1 aromatic heterocycles. The maximum Gasteiger partial charge on any atom is 0.168 e. The van der Waals surface area contributed by atoms with Crippen molar-refractivity contribution in [2.24, 2.45) is 0 Å². The molecule has 5 heteroatoms. The van der Waals surface area contributed by atoms with Gasteiger partial charge in [0.15, 0.2) is 6.29 Å². The number of aldehydes is 1. The summed E-state index contributed by atoms with van der Waals surface area (Å²) < 4.78 is 39.8. The van der Waals surface area contributed by atoms with Gasteiger partial charge in [-0.2, -0.15) is 0 Å². The lowest BCUT2D eigenvalue weighted by Crippen LogP contribution is -1.97. The van der Waals surface area contributed by atoms with Crippen molar-refractivity contribution in [3.05, 3.63) is 53.5 Å². The zero-order valence-corrected chi connectivity index (χ0v) is 8.45. The Bertz CT molecular complexity index is 584. The number of carbonyl (C=O) groups is 1. The molecular weight excluding hydrogens is 231 g/mol. The van der Waals surface area contributed by atoms with Crippen LogP contribution >= 0.6 is 0 Å². The van der Waals surface area contributed by atoms with Gasteiger partial charge >= 0.3 is 0 Å². The molecule has 0 spiro atoms. The second-order valence-electron chi connectivity index (χ2n) is 3.31. The number of rotatable bonds is 2. The highest BCUT2D eigenvalue weighted by Gasteiger charge is 2.13. The molecule has 0 atom stereocenters. The van der Waals surface area contributed by atoms with Crippen LogP contribution in [0.2, 0.25) is 0 Å². The molecule has 0 aliphatic heterocycles. The first-order valence-electron chi connectivity index (χ1n) is 4.69. The number of carbonyl (C=O) groups excluding carboxylic acids is 1. The highest BCUT2D eigenvalue weighted by atomic mass is 19.1. The van der Waals surface area contributed by atoms with Crippen LogP contribution in [0.15, 0.2) is 30.3 Å². The Morgan fingerprint density at radius 1 is 1.00 bits per heavy atom. The number of aromatic nitrogens is 1. The zero-order chi connectivity index (χ0) is 12.4. The highest BCUT2D eigenvalue weighted by Crippen LogP contribution is 2.24. The molecule has 1 aromatic carbocycles. The van der Waals surface area contributed by atoms with E-state index in [0.29, 0.717) is 6.29 Å². The van der Waals surface area contributed by atoms with E-state index in [1.807, 2.05) is 0 Å². The van der Waals surface area contributed by atoms with Crippen LogP contribution in [0, 0.1) is 17.5 Å². The molecule has 0 saturated carbocycles. The average Bonchev–Trinajstić information content (AvgIpc) is 2.33. The van der Waals surface area contributed by atoms with Crippen molar-refractivity contribution in [1.29, 1.82) is 0 Å². The van der Waals surface area contributed by atoms with E-state index in [4.69, 9.17) is 0 Å². The number of halogens is 3. The van der Waals surface area contributed by atoms with Gasteiger partial charge in [0.1, 0.15) is 28.8 Å². The molecule has 0 bridgehead atoms. The monoisotopic (exact) mass is 237 g/mol. The molecule has 0 aliphatic carbocycles. The lowest BCUT2D eigenvalue weighted by molar-refractivity contribution is 0.111. The minimum absolute atomic E-state index is 0.0509. The molecule has 0 amide bonds. The second kappa shape index (κ2) is 4.37. The van der Waals surface area contributed by atoms with Gasteiger partial charge < -0.3 is 0 Å². The second-order valence-corrected chi connectivity index (χ2v) is 3.31. The summed E-state index contributed by atoms with van der Waals surface area (Å²) in [6.45, 7) is 0. The smallest absolute Gasteiger partial charge is 0.168 e. The van der Waals surface area contributed by atoms with E-state index in [0.717, 1.165) is 30.3 Å². The third kappa shape index (κ3) is 2.18. The van der Waals surface area contributed by atoms with Crippen LogP contribution in [0.4, 0.5) is 13.2 Å². The molecule has 2 rings (SSSR count). The molecule has 0 fully saturated rings. The van der Waals surface area contributed by atoms with Crippen molar-refractivity contribution < 1.29 is 18.0 Å². The third-order valence-electron chi connectivity index (χ3n) is 2.17. The fourth-order valence-corrected chi connectivity index (χ4v) is 1.39. The number of hydrogen-bond donors (Lipinski definition) is 0. The molecule has 86 valence electrons. The van der Waals surface area contributed by atoms with E-state index < -0.39 is 17.5 Å². The van der Waals surface area contributed by atoms with Crippen molar-refractivity contribution >= 4 is 6.29 Å². The van der Waals surface area contributed by atoms with E-state index in [2.05, 4.69) is 4.98 Å². The van der Waals surface area contributed by atoms with Gasteiger partial charge in [-0.05, 0) is 30.3 Å². The first-order chi connectivity index (χ1) is 8.11. The molecule has 0 radical (unpaired) electrons. The lowest BCUT2D eigenvalue weighted by atomic mass is 10.1. The number of hydrogen-bond acceptors (Lipinski definition) is 2. The summed E-state index contributed by atoms with van der Waals surface area (Å²) in [5, 5.41) is 0. The Kier molecular flexibility index (Phi) is 2.91. The van der Waals surface area contributed by atoms with Crippen LogP contribution < -0.4 is 0 Å². The molecule has 0 unspecified atom stereocenters. The van der Waals surface area contributed by atoms with Gasteiger partial charge in [-0.1, -0.05) is 0 Å². The Balaban J connectivity index is 2.66. The summed E-state index contributed by atoms with van der Waals surface area (Å²) in [7, 11) is 0. The number of benzene rings is 1. The lowest BCUT2D eigenvalue weighted by Gasteiger charge is -2.04. The SMILES string of the molecule is O=Cc1ccc(F)c(-c2cc(F)ccc2F)n1. The fraction of sp³-hybridized carbons (Fsp3) is 0. The summed E-state index contributed by atoms with van der Waals surface area (Å²) in [6, 6.07) is 4.76. The molecule has 17 heavy (non-hydrogen) atoms. The van der Waals surface area contributed by atoms with Gasteiger partial charge in [0, 0.05) is 5.56 Å². The molecule has 1 heterocycles. The highest BCUT2D eigenvalue weighted by molar-refractivity contribution is 5.74. The predicted octanol–water partition coefficient (Wildman–Crippen LogP) is 2.98. The van der Waals surface area contributed by atoms with Gasteiger partial charge in [0.25, 0.3) is 0 Å². The molecule has 2 aromatic rings. The minimum atomic E-state index is -0.819. The maximum atomic E-state index is 13.4. The van der Waals surface area contributed by atoms with Crippen LogP contribution in [0.5, 0.6) is 0 Å². The predicted molar refractivity (Wildman–Crippen MR) is 54.9 cm³/mol. The van der Waals surface area contributed by atoms with Crippen LogP contribution in [-0.2, 0) is 0 Å². The molecule has 2 nitrogen and oxygen atoms in total. The molecular formula is C12H6F3NO. The van der Waals surface area contributed by atoms with E-state index in [1.165, 1.54) is 0 Å². The Hall–Kier alpha value is -2.17. The fourth-order valence-electron chi connectivity index (χ4n) is 1.39. The summed E-state index contributed by atoms with van der Waals surface area (Å²) >= 11 is 0. The van der Waals surface area contributed by atoms with E-state index in [9.17, 15) is 18.0 Å². The summed E-state index contributed by atoms with van der Waals surface area (Å²) in [6.07, 6.45) is 0.403. The number of nitrogens with zero attached hydrogens (tertiary/aromatic N) is 1. The molecule has 0 N–H and O–H groups in total. The van der Waals surface area contributed by atoms with Gasteiger partial charge in [0.05, 0.1) is 0 Å². The first-order valence-corrected chi connectivity index (χ1v) is 4.69. The van der Waals surface area contributed by atoms with Gasteiger partial charge in [-0.15, -0.1) is 0 Å². The average molecular weight is 237 g/mol. The topological polar surface area (TPSA) is 30.0 Å². The van der Waals surface area contributed by atoms with Gasteiger partial charge in [0.2, 0.25) is 0 Å². The van der Waals surface area contributed by atoms with E-state index in [-0.39, 0.29) is 17.0 Å². The molecule has 0 aliphatic rings. The van der Waals surface area contributed by atoms with Crippen LogP contribution in [-0.4, -0.2) is 11.3 Å².